The summed E-state index contributed by atoms with van der Waals surface area (Å²) in [6.07, 6.45) is 0. The second-order valence-corrected chi connectivity index (χ2v) is 5.46. The molecule has 2 aromatic carbocycles. The van der Waals surface area contributed by atoms with Gasteiger partial charge in [0.05, 0.1) is 24.8 Å². The number of benzene rings is 2. The maximum absolute atomic E-state index is 5.61. The molecule has 1 N–H and O–H groups in total. The maximum Gasteiger partial charge on any atom is 0.161 e. The first-order valence-electron chi connectivity index (χ1n) is 6.67. The predicted molar refractivity (Wildman–Crippen MR) is 87.0 cm³/mol. The quantitative estimate of drug-likeness (QED) is 0.761. The van der Waals surface area contributed by atoms with Crippen LogP contribution in [0.5, 0.6) is 11.5 Å². The standard InChI is InChI=1S/C16H15BrN2O2/c1-3-21-15-8-10(4-7-14(15)20-2)16-18-12-6-5-11(17)9-13(12)19-16/h4-9H,3H2,1-2H3,(H,18,19). The van der Waals surface area contributed by atoms with E-state index in [4.69, 9.17) is 9.47 Å². The minimum absolute atomic E-state index is 0.590. The summed E-state index contributed by atoms with van der Waals surface area (Å²) in [5.41, 5.74) is 2.89. The summed E-state index contributed by atoms with van der Waals surface area (Å²) in [7, 11) is 1.64. The van der Waals surface area contributed by atoms with Gasteiger partial charge in [0, 0.05) is 10.0 Å². The van der Waals surface area contributed by atoms with Crippen molar-refractivity contribution in [3.05, 3.63) is 40.9 Å². The van der Waals surface area contributed by atoms with Crippen molar-refractivity contribution in [2.45, 2.75) is 6.92 Å². The summed E-state index contributed by atoms with van der Waals surface area (Å²) in [6.45, 7) is 2.54. The zero-order valence-corrected chi connectivity index (χ0v) is 13.4. The minimum atomic E-state index is 0.590. The van der Waals surface area contributed by atoms with Gasteiger partial charge in [0.1, 0.15) is 5.82 Å². The molecule has 0 aliphatic heterocycles. The number of H-pyrrole nitrogens is 1. The van der Waals surface area contributed by atoms with Crippen LogP contribution in [0.15, 0.2) is 40.9 Å². The fraction of sp³-hybridized carbons (Fsp3) is 0.188. The molecule has 108 valence electrons. The summed E-state index contributed by atoms with van der Waals surface area (Å²) in [4.78, 5) is 7.93. The van der Waals surface area contributed by atoms with E-state index in [1.54, 1.807) is 7.11 Å². The molecular weight excluding hydrogens is 332 g/mol. The third-order valence-electron chi connectivity index (χ3n) is 3.18. The highest BCUT2D eigenvalue weighted by Gasteiger charge is 2.10. The number of halogens is 1. The number of hydrogen-bond acceptors (Lipinski definition) is 3. The van der Waals surface area contributed by atoms with Gasteiger partial charge in [-0.15, -0.1) is 0 Å². The van der Waals surface area contributed by atoms with E-state index in [2.05, 4.69) is 25.9 Å². The lowest BCUT2D eigenvalue weighted by molar-refractivity contribution is 0.311. The van der Waals surface area contributed by atoms with Crippen molar-refractivity contribution in [2.75, 3.05) is 13.7 Å². The average molecular weight is 347 g/mol. The molecule has 3 rings (SSSR count). The monoisotopic (exact) mass is 346 g/mol. The Morgan fingerprint density at radius 1 is 1.14 bits per heavy atom. The summed E-state index contributed by atoms with van der Waals surface area (Å²) in [6, 6.07) is 11.8. The molecular formula is C16H15BrN2O2. The molecule has 5 heteroatoms. The van der Waals surface area contributed by atoms with E-state index in [-0.39, 0.29) is 0 Å². The molecule has 0 aliphatic carbocycles. The highest BCUT2D eigenvalue weighted by molar-refractivity contribution is 9.10. The van der Waals surface area contributed by atoms with Gasteiger partial charge in [0.15, 0.2) is 11.5 Å². The van der Waals surface area contributed by atoms with Gasteiger partial charge < -0.3 is 14.5 Å². The Morgan fingerprint density at radius 2 is 2.00 bits per heavy atom. The normalized spacial score (nSPS) is 10.8. The number of nitrogens with one attached hydrogen (secondary N) is 1. The zero-order valence-electron chi connectivity index (χ0n) is 11.8. The molecule has 0 amide bonds. The van der Waals surface area contributed by atoms with Crippen LogP contribution in [0.2, 0.25) is 0 Å². The van der Waals surface area contributed by atoms with Crippen molar-refractivity contribution in [2.24, 2.45) is 0 Å². The Bertz CT molecular complexity index is 783. The number of aromatic nitrogens is 2. The van der Waals surface area contributed by atoms with Crippen LogP contribution >= 0.6 is 15.9 Å². The molecule has 0 atom stereocenters. The van der Waals surface area contributed by atoms with Crippen LogP contribution in [0.25, 0.3) is 22.4 Å². The fourth-order valence-corrected chi connectivity index (χ4v) is 2.57. The fourth-order valence-electron chi connectivity index (χ4n) is 2.21. The molecule has 4 nitrogen and oxygen atoms in total. The smallest absolute Gasteiger partial charge is 0.161 e. The molecule has 0 fully saturated rings. The van der Waals surface area contributed by atoms with Crippen LogP contribution in [0.4, 0.5) is 0 Å². The third-order valence-corrected chi connectivity index (χ3v) is 3.67. The molecule has 21 heavy (non-hydrogen) atoms. The van der Waals surface area contributed by atoms with Gasteiger partial charge in [-0.3, -0.25) is 0 Å². The number of imidazole rings is 1. The lowest BCUT2D eigenvalue weighted by atomic mass is 10.2. The van der Waals surface area contributed by atoms with Crippen molar-refractivity contribution in [3.8, 4) is 22.9 Å². The zero-order chi connectivity index (χ0) is 14.8. The molecule has 1 aromatic heterocycles. The van der Waals surface area contributed by atoms with Crippen molar-refractivity contribution >= 4 is 27.0 Å². The third kappa shape index (κ3) is 2.74. The molecule has 0 radical (unpaired) electrons. The summed E-state index contributed by atoms with van der Waals surface area (Å²) >= 11 is 3.46. The SMILES string of the molecule is CCOc1cc(-c2nc3ccc(Br)cc3[nH]2)ccc1OC. The first-order chi connectivity index (χ1) is 10.2. The number of nitrogens with zero attached hydrogens (tertiary/aromatic N) is 1. The average Bonchev–Trinajstić information content (AvgIpc) is 2.90. The van der Waals surface area contributed by atoms with E-state index in [0.29, 0.717) is 6.61 Å². The molecule has 0 aliphatic rings. The number of rotatable bonds is 4. The van der Waals surface area contributed by atoms with Gasteiger partial charge in [-0.05, 0) is 43.3 Å². The van der Waals surface area contributed by atoms with Crippen molar-refractivity contribution in [3.63, 3.8) is 0 Å². The molecule has 0 saturated carbocycles. The first kappa shape index (κ1) is 13.9. The van der Waals surface area contributed by atoms with Crippen molar-refractivity contribution in [1.29, 1.82) is 0 Å². The lowest BCUT2D eigenvalue weighted by Crippen LogP contribution is -1.95. The second-order valence-electron chi connectivity index (χ2n) is 4.55. The topological polar surface area (TPSA) is 47.1 Å². The summed E-state index contributed by atoms with van der Waals surface area (Å²) in [5, 5.41) is 0. The minimum Gasteiger partial charge on any atom is -0.493 e. The molecule has 0 unspecified atom stereocenters. The molecule has 0 saturated heterocycles. The van der Waals surface area contributed by atoms with E-state index >= 15 is 0 Å². The number of methoxy groups -OCH3 is 1. The van der Waals surface area contributed by atoms with Crippen molar-refractivity contribution in [1.82, 2.24) is 9.97 Å². The molecule has 1 heterocycles. The number of fused-ring (bicyclic) bond motifs is 1. The van der Waals surface area contributed by atoms with E-state index in [1.165, 1.54) is 0 Å². The Kier molecular flexibility index (Phi) is 3.84. The largest absolute Gasteiger partial charge is 0.493 e. The van der Waals surface area contributed by atoms with Crippen LogP contribution in [0.1, 0.15) is 6.92 Å². The molecule has 3 aromatic rings. The van der Waals surface area contributed by atoms with E-state index in [1.807, 2.05) is 43.3 Å². The van der Waals surface area contributed by atoms with E-state index in [0.717, 1.165) is 38.4 Å². The van der Waals surface area contributed by atoms with Gasteiger partial charge >= 0.3 is 0 Å². The molecule has 0 spiro atoms. The Labute approximate surface area is 131 Å². The van der Waals surface area contributed by atoms with E-state index in [9.17, 15) is 0 Å². The van der Waals surface area contributed by atoms with Gasteiger partial charge in [-0.1, -0.05) is 15.9 Å². The summed E-state index contributed by atoms with van der Waals surface area (Å²) in [5.74, 6) is 2.25. The highest BCUT2D eigenvalue weighted by atomic mass is 79.9. The number of aromatic amines is 1. The lowest BCUT2D eigenvalue weighted by Gasteiger charge is -2.10. The Balaban J connectivity index is 2.07. The van der Waals surface area contributed by atoms with Gasteiger partial charge in [-0.2, -0.15) is 0 Å². The van der Waals surface area contributed by atoms with Gasteiger partial charge in [0.2, 0.25) is 0 Å². The number of hydrogen-bond donors (Lipinski definition) is 1. The van der Waals surface area contributed by atoms with Crippen LogP contribution < -0.4 is 9.47 Å². The summed E-state index contributed by atoms with van der Waals surface area (Å²) < 4.78 is 11.9. The number of ether oxygens (including phenoxy) is 2. The van der Waals surface area contributed by atoms with Gasteiger partial charge in [0.25, 0.3) is 0 Å². The van der Waals surface area contributed by atoms with Crippen LogP contribution in [0, 0.1) is 0 Å². The Morgan fingerprint density at radius 3 is 2.76 bits per heavy atom. The Hall–Kier alpha value is -2.01. The van der Waals surface area contributed by atoms with Gasteiger partial charge in [-0.25, -0.2) is 4.98 Å². The van der Waals surface area contributed by atoms with Crippen LogP contribution in [0.3, 0.4) is 0 Å². The van der Waals surface area contributed by atoms with Crippen LogP contribution in [-0.2, 0) is 0 Å². The van der Waals surface area contributed by atoms with Crippen LogP contribution in [-0.4, -0.2) is 23.7 Å². The maximum atomic E-state index is 5.61. The highest BCUT2D eigenvalue weighted by Crippen LogP contribution is 2.32. The second kappa shape index (κ2) is 5.77. The predicted octanol–water partition coefficient (Wildman–Crippen LogP) is 4.40. The first-order valence-corrected chi connectivity index (χ1v) is 7.47. The van der Waals surface area contributed by atoms with Crippen molar-refractivity contribution < 1.29 is 9.47 Å². The van der Waals surface area contributed by atoms with E-state index < -0.39 is 0 Å². The molecule has 0 bridgehead atoms.